The number of para-hydroxylation sites is 1. The smallest absolute Gasteiger partial charge is 0.293 e. The molecule has 2 heterocycles. The van der Waals surface area contributed by atoms with Crippen molar-refractivity contribution in [1.29, 1.82) is 0 Å². The molecule has 4 aromatic rings. The Labute approximate surface area is 169 Å². The Morgan fingerprint density at radius 1 is 1.21 bits per heavy atom. The number of anilines is 1. The van der Waals surface area contributed by atoms with Gasteiger partial charge in [-0.15, -0.1) is 11.3 Å². The second-order valence-electron chi connectivity index (χ2n) is 6.23. The van der Waals surface area contributed by atoms with Crippen molar-refractivity contribution in [3.05, 3.63) is 58.9 Å². The topological polar surface area (TPSA) is 73.6 Å². The molecule has 0 fully saturated rings. The van der Waals surface area contributed by atoms with Gasteiger partial charge in [-0.3, -0.25) is 10.1 Å². The first-order chi connectivity index (χ1) is 14.0. The Morgan fingerprint density at radius 3 is 2.76 bits per heavy atom. The summed E-state index contributed by atoms with van der Waals surface area (Å²) in [5.74, 6) is 0.362. The molecule has 6 nitrogen and oxygen atoms in total. The lowest BCUT2D eigenvalue weighted by Gasteiger charge is -2.08. The molecule has 148 valence electrons. The average molecular weight is 412 g/mol. The van der Waals surface area contributed by atoms with Crippen LogP contribution in [0, 0.1) is 12.7 Å². The third-order valence-corrected chi connectivity index (χ3v) is 5.29. The van der Waals surface area contributed by atoms with Crippen LogP contribution in [0.4, 0.5) is 9.52 Å². The van der Waals surface area contributed by atoms with E-state index in [0.717, 1.165) is 5.56 Å². The highest BCUT2D eigenvalue weighted by atomic mass is 32.1. The highest BCUT2D eigenvalue weighted by Gasteiger charge is 2.21. The maximum atomic E-state index is 13.9. The molecule has 0 unspecified atom stereocenters. The average Bonchev–Trinajstić information content (AvgIpc) is 3.33. The minimum Gasteiger partial charge on any atom is -0.497 e. The lowest BCUT2D eigenvalue weighted by molar-refractivity contribution is 0.0997. The largest absolute Gasteiger partial charge is 0.497 e. The number of nitrogens with zero attached hydrogens (tertiary/aromatic N) is 1. The number of rotatable bonds is 5. The number of nitrogens with one attached hydrogen (secondary N) is 1. The second kappa shape index (κ2) is 7.56. The molecule has 0 saturated heterocycles. The Kier molecular flexibility index (Phi) is 4.94. The van der Waals surface area contributed by atoms with E-state index in [-0.39, 0.29) is 11.3 Å². The molecule has 0 aliphatic carbocycles. The fourth-order valence-corrected chi connectivity index (χ4v) is 3.75. The molecule has 0 spiro atoms. The number of ether oxygens (including phenoxy) is 2. The summed E-state index contributed by atoms with van der Waals surface area (Å²) in [6.07, 6.45) is 0. The van der Waals surface area contributed by atoms with E-state index >= 15 is 0 Å². The Morgan fingerprint density at radius 2 is 2.03 bits per heavy atom. The van der Waals surface area contributed by atoms with Crippen LogP contribution in [0.5, 0.6) is 11.5 Å². The maximum absolute atomic E-state index is 13.9. The number of hydrogen-bond acceptors (Lipinski definition) is 6. The number of benzene rings is 2. The van der Waals surface area contributed by atoms with Crippen LogP contribution in [-0.4, -0.2) is 25.1 Å². The summed E-state index contributed by atoms with van der Waals surface area (Å²) < 4.78 is 30.1. The molecule has 1 amide bonds. The normalized spacial score (nSPS) is 10.9. The van der Waals surface area contributed by atoms with Gasteiger partial charge < -0.3 is 13.9 Å². The number of thiazole rings is 1. The molecule has 2 aromatic carbocycles. The Bertz CT molecular complexity index is 1210. The third kappa shape index (κ3) is 3.42. The molecule has 0 saturated carbocycles. The van der Waals surface area contributed by atoms with Crippen molar-refractivity contribution in [2.75, 3.05) is 19.5 Å². The number of fused-ring (bicyclic) bond motifs is 1. The number of hydrogen-bond donors (Lipinski definition) is 1. The van der Waals surface area contributed by atoms with Crippen LogP contribution in [0.2, 0.25) is 0 Å². The van der Waals surface area contributed by atoms with Crippen LogP contribution in [0.15, 0.2) is 46.2 Å². The summed E-state index contributed by atoms with van der Waals surface area (Å²) in [5, 5.41) is 5.47. The minimum atomic E-state index is -0.508. The number of amides is 1. The molecule has 0 atom stereocenters. The van der Waals surface area contributed by atoms with E-state index in [4.69, 9.17) is 13.9 Å². The zero-order chi connectivity index (χ0) is 20.5. The van der Waals surface area contributed by atoms with Gasteiger partial charge in [0.1, 0.15) is 11.5 Å². The van der Waals surface area contributed by atoms with Gasteiger partial charge in [0.05, 0.1) is 19.9 Å². The fraction of sp³-hybridized carbons (Fsp3) is 0.143. The number of carbonyl (C=O) groups is 1. The van der Waals surface area contributed by atoms with Crippen LogP contribution < -0.4 is 14.8 Å². The molecule has 29 heavy (non-hydrogen) atoms. The third-order valence-electron chi connectivity index (χ3n) is 4.53. The van der Waals surface area contributed by atoms with E-state index in [1.54, 1.807) is 50.8 Å². The zero-order valence-corrected chi connectivity index (χ0v) is 16.7. The molecule has 2 aromatic heterocycles. The van der Waals surface area contributed by atoms with E-state index in [0.29, 0.717) is 33.3 Å². The van der Waals surface area contributed by atoms with Gasteiger partial charge in [-0.25, -0.2) is 9.37 Å². The molecule has 4 rings (SSSR count). The summed E-state index contributed by atoms with van der Waals surface area (Å²) in [6, 6.07) is 9.98. The van der Waals surface area contributed by atoms with Crippen molar-refractivity contribution in [2.45, 2.75) is 6.92 Å². The number of aromatic nitrogens is 1. The quantitative estimate of drug-likeness (QED) is 0.483. The van der Waals surface area contributed by atoms with E-state index in [9.17, 15) is 9.18 Å². The van der Waals surface area contributed by atoms with E-state index in [1.807, 2.05) is 6.07 Å². The zero-order valence-electron chi connectivity index (χ0n) is 15.9. The molecule has 8 heteroatoms. The van der Waals surface area contributed by atoms with Gasteiger partial charge in [-0.1, -0.05) is 12.1 Å². The molecule has 0 radical (unpaired) electrons. The predicted molar refractivity (Wildman–Crippen MR) is 110 cm³/mol. The second-order valence-corrected chi connectivity index (χ2v) is 7.09. The molecule has 1 N–H and O–H groups in total. The number of furan rings is 1. The molecular weight excluding hydrogens is 395 g/mol. The van der Waals surface area contributed by atoms with Crippen molar-refractivity contribution in [3.63, 3.8) is 0 Å². The van der Waals surface area contributed by atoms with Gasteiger partial charge in [-0.2, -0.15) is 0 Å². The summed E-state index contributed by atoms with van der Waals surface area (Å²) in [7, 11) is 3.15. The predicted octanol–water partition coefficient (Wildman–Crippen LogP) is 5.27. The minimum absolute atomic E-state index is 0.0563. The van der Waals surface area contributed by atoms with Crippen molar-refractivity contribution in [1.82, 2.24) is 4.98 Å². The fourth-order valence-electron chi connectivity index (χ4n) is 3.05. The Balaban J connectivity index is 1.63. The Hall–Kier alpha value is -3.39. The summed E-state index contributed by atoms with van der Waals surface area (Å²) >= 11 is 1.26. The van der Waals surface area contributed by atoms with E-state index < -0.39 is 11.7 Å². The van der Waals surface area contributed by atoms with Crippen molar-refractivity contribution >= 4 is 33.3 Å². The number of methoxy groups -OCH3 is 2. The summed E-state index contributed by atoms with van der Waals surface area (Å²) in [5.41, 5.74) is 2.01. The van der Waals surface area contributed by atoms with Crippen LogP contribution in [0.25, 0.3) is 22.2 Å². The monoisotopic (exact) mass is 412 g/mol. The van der Waals surface area contributed by atoms with Gasteiger partial charge >= 0.3 is 0 Å². The van der Waals surface area contributed by atoms with Crippen molar-refractivity contribution in [2.24, 2.45) is 0 Å². The first kappa shape index (κ1) is 18.9. The summed E-state index contributed by atoms with van der Waals surface area (Å²) in [4.78, 5) is 17.1. The van der Waals surface area contributed by atoms with Gasteiger partial charge in [0.2, 0.25) is 0 Å². The van der Waals surface area contributed by atoms with Gasteiger partial charge in [0.15, 0.2) is 22.3 Å². The highest BCUT2D eigenvalue weighted by molar-refractivity contribution is 7.14. The molecule has 0 aliphatic rings. The lowest BCUT2D eigenvalue weighted by Crippen LogP contribution is -2.11. The van der Waals surface area contributed by atoms with Crippen LogP contribution >= 0.6 is 11.3 Å². The van der Waals surface area contributed by atoms with E-state index in [1.165, 1.54) is 17.4 Å². The van der Waals surface area contributed by atoms with Gasteiger partial charge in [-0.05, 0) is 31.2 Å². The van der Waals surface area contributed by atoms with Crippen LogP contribution in [0.1, 0.15) is 16.1 Å². The van der Waals surface area contributed by atoms with Crippen molar-refractivity contribution < 1.29 is 23.1 Å². The van der Waals surface area contributed by atoms with E-state index in [2.05, 4.69) is 10.3 Å². The van der Waals surface area contributed by atoms with Gasteiger partial charge in [0.25, 0.3) is 5.91 Å². The number of halogens is 1. The summed E-state index contributed by atoms with van der Waals surface area (Å²) in [6.45, 7) is 1.72. The molecular formula is C21H17FN2O4S. The van der Waals surface area contributed by atoms with Crippen LogP contribution in [0.3, 0.4) is 0 Å². The van der Waals surface area contributed by atoms with Crippen molar-refractivity contribution in [3.8, 4) is 22.8 Å². The van der Waals surface area contributed by atoms with Crippen LogP contribution in [-0.2, 0) is 0 Å². The number of carbonyl (C=O) groups excluding carboxylic acids is 1. The standard InChI is InChI=1S/C21H17FN2O4S/c1-11-13-5-4-6-15(22)19(13)28-18(11)20(25)24-21-23-16(10-29-21)14-9-12(26-2)7-8-17(14)27-3/h4-10H,1-3H3,(H,23,24,25). The number of aryl methyl sites for hydroxylation is 1. The highest BCUT2D eigenvalue weighted by Crippen LogP contribution is 2.35. The van der Waals surface area contributed by atoms with Gasteiger partial charge in [0, 0.05) is 21.9 Å². The first-order valence-corrected chi connectivity index (χ1v) is 9.56. The lowest BCUT2D eigenvalue weighted by atomic mass is 10.1. The SMILES string of the molecule is COc1ccc(OC)c(-c2csc(NC(=O)c3oc4c(F)cccc4c3C)n2)c1. The maximum Gasteiger partial charge on any atom is 0.293 e. The molecule has 0 bridgehead atoms. The molecule has 0 aliphatic heterocycles. The first-order valence-electron chi connectivity index (χ1n) is 8.68.